The lowest BCUT2D eigenvalue weighted by Crippen LogP contribution is -2.53. The maximum absolute atomic E-state index is 6.43. The second kappa shape index (κ2) is 6.17. The second-order valence-corrected chi connectivity index (χ2v) is 8.44. The predicted octanol–water partition coefficient (Wildman–Crippen LogP) is 3.29. The number of hydrogen-bond donors (Lipinski definition) is 1. The van der Waals surface area contributed by atoms with Gasteiger partial charge < -0.3 is 10.1 Å². The second-order valence-electron chi connectivity index (χ2n) is 8.44. The highest BCUT2D eigenvalue weighted by Crippen LogP contribution is 2.43. The highest BCUT2D eigenvalue weighted by Gasteiger charge is 2.53. The number of rotatable bonds is 4. The van der Waals surface area contributed by atoms with Crippen molar-refractivity contribution in [2.75, 3.05) is 19.6 Å². The van der Waals surface area contributed by atoms with Crippen molar-refractivity contribution in [2.24, 2.45) is 11.8 Å². The Balaban J connectivity index is 2.14. The summed E-state index contributed by atoms with van der Waals surface area (Å²) < 4.78 is 6.43. The fourth-order valence-electron chi connectivity index (χ4n) is 4.52. The van der Waals surface area contributed by atoms with Crippen LogP contribution >= 0.6 is 0 Å². The summed E-state index contributed by atoms with van der Waals surface area (Å²) in [7, 11) is 0. The SMILES string of the molecule is CCNC1C(CN2CC(C)CCC2C)C(C)(C)OC1(C)C. The third-order valence-corrected chi connectivity index (χ3v) is 5.67. The van der Waals surface area contributed by atoms with Gasteiger partial charge in [0.15, 0.2) is 0 Å². The van der Waals surface area contributed by atoms with E-state index in [4.69, 9.17) is 4.74 Å². The maximum atomic E-state index is 6.43. The van der Waals surface area contributed by atoms with Crippen LogP contribution < -0.4 is 5.32 Å². The summed E-state index contributed by atoms with van der Waals surface area (Å²) in [4.78, 5) is 2.70. The van der Waals surface area contributed by atoms with Crippen LogP contribution in [-0.2, 0) is 4.74 Å². The van der Waals surface area contributed by atoms with Crippen molar-refractivity contribution in [1.29, 1.82) is 0 Å². The number of likely N-dealkylation sites (N-methyl/N-ethyl adjacent to an activating group) is 1. The third-order valence-electron chi connectivity index (χ3n) is 5.67. The molecule has 0 aromatic heterocycles. The Morgan fingerprint density at radius 3 is 2.38 bits per heavy atom. The molecule has 2 heterocycles. The largest absolute Gasteiger partial charge is 0.368 e. The van der Waals surface area contributed by atoms with Gasteiger partial charge in [0.05, 0.1) is 11.2 Å². The van der Waals surface area contributed by atoms with Crippen LogP contribution in [0.1, 0.15) is 61.3 Å². The molecule has 0 aliphatic carbocycles. The van der Waals surface area contributed by atoms with Crippen LogP contribution in [0.25, 0.3) is 0 Å². The number of ether oxygens (including phenoxy) is 1. The molecular weight excluding hydrogens is 260 g/mol. The first kappa shape index (κ1) is 17.2. The molecule has 0 amide bonds. The zero-order chi connectivity index (χ0) is 15.8. The molecule has 3 heteroatoms. The molecule has 0 aromatic rings. The highest BCUT2D eigenvalue weighted by molar-refractivity contribution is 5.06. The number of nitrogens with one attached hydrogen (secondary N) is 1. The van der Waals surface area contributed by atoms with Gasteiger partial charge in [-0.15, -0.1) is 0 Å². The Kier molecular flexibility index (Phi) is 5.07. The van der Waals surface area contributed by atoms with Gasteiger partial charge in [-0.25, -0.2) is 0 Å². The maximum Gasteiger partial charge on any atom is 0.0790 e. The van der Waals surface area contributed by atoms with Crippen molar-refractivity contribution >= 4 is 0 Å². The number of piperidine rings is 1. The normalized spacial score (nSPS) is 39.6. The molecule has 2 aliphatic rings. The molecular formula is C18H36N2O. The zero-order valence-electron chi connectivity index (χ0n) is 15.2. The third kappa shape index (κ3) is 3.62. The van der Waals surface area contributed by atoms with E-state index in [2.05, 4.69) is 58.7 Å². The summed E-state index contributed by atoms with van der Waals surface area (Å²) in [6.45, 7) is 19.4. The van der Waals surface area contributed by atoms with Gasteiger partial charge in [0, 0.05) is 31.1 Å². The van der Waals surface area contributed by atoms with E-state index in [1.54, 1.807) is 0 Å². The summed E-state index contributed by atoms with van der Waals surface area (Å²) in [6.07, 6.45) is 2.72. The Hall–Kier alpha value is -0.120. The molecule has 2 rings (SSSR count). The van der Waals surface area contributed by atoms with Gasteiger partial charge >= 0.3 is 0 Å². The molecule has 0 spiro atoms. The lowest BCUT2D eigenvalue weighted by molar-refractivity contribution is -0.0810. The van der Waals surface area contributed by atoms with E-state index in [0.29, 0.717) is 18.0 Å². The van der Waals surface area contributed by atoms with E-state index in [1.807, 2.05) is 0 Å². The van der Waals surface area contributed by atoms with Crippen molar-refractivity contribution in [3.63, 3.8) is 0 Å². The molecule has 4 unspecified atom stereocenters. The summed E-state index contributed by atoms with van der Waals surface area (Å²) in [6, 6.07) is 1.14. The molecule has 0 aromatic carbocycles. The lowest BCUT2D eigenvalue weighted by Gasteiger charge is -2.41. The van der Waals surface area contributed by atoms with Crippen LogP contribution in [0.5, 0.6) is 0 Å². The predicted molar refractivity (Wildman–Crippen MR) is 89.6 cm³/mol. The molecule has 2 saturated heterocycles. The van der Waals surface area contributed by atoms with Gasteiger partial charge in [-0.05, 0) is 59.9 Å². The number of likely N-dealkylation sites (tertiary alicyclic amines) is 1. The summed E-state index contributed by atoms with van der Waals surface area (Å²) in [5, 5.41) is 3.70. The van der Waals surface area contributed by atoms with E-state index < -0.39 is 0 Å². The fourth-order valence-corrected chi connectivity index (χ4v) is 4.52. The van der Waals surface area contributed by atoms with E-state index in [9.17, 15) is 0 Å². The molecule has 0 radical (unpaired) electrons. The van der Waals surface area contributed by atoms with Crippen molar-refractivity contribution in [1.82, 2.24) is 10.2 Å². The van der Waals surface area contributed by atoms with Crippen molar-refractivity contribution in [3.05, 3.63) is 0 Å². The van der Waals surface area contributed by atoms with Gasteiger partial charge in [-0.1, -0.05) is 13.8 Å². The van der Waals surface area contributed by atoms with Crippen LogP contribution in [0.15, 0.2) is 0 Å². The van der Waals surface area contributed by atoms with Crippen molar-refractivity contribution in [2.45, 2.75) is 84.6 Å². The summed E-state index contributed by atoms with van der Waals surface area (Å²) in [5.41, 5.74) is -0.147. The van der Waals surface area contributed by atoms with Crippen LogP contribution in [0.3, 0.4) is 0 Å². The van der Waals surface area contributed by atoms with Gasteiger partial charge in [-0.3, -0.25) is 4.90 Å². The van der Waals surface area contributed by atoms with E-state index in [1.165, 1.54) is 19.4 Å². The molecule has 2 aliphatic heterocycles. The highest BCUT2D eigenvalue weighted by atomic mass is 16.5. The van der Waals surface area contributed by atoms with E-state index in [-0.39, 0.29) is 11.2 Å². The van der Waals surface area contributed by atoms with Crippen molar-refractivity contribution < 1.29 is 4.74 Å². The van der Waals surface area contributed by atoms with Gasteiger partial charge in [0.2, 0.25) is 0 Å². The Morgan fingerprint density at radius 1 is 1.10 bits per heavy atom. The van der Waals surface area contributed by atoms with E-state index in [0.717, 1.165) is 19.0 Å². The first-order chi connectivity index (χ1) is 9.67. The molecule has 0 saturated carbocycles. The van der Waals surface area contributed by atoms with Crippen molar-refractivity contribution in [3.8, 4) is 0 Å². The summed E-state index contributed by atoms with van der Waals surface area (Å²) in [5.74, 6) is 1.37. The quantitative estimate of drug-likeness (QED) is 0.861. The molecule has 21 heavy (non-hydrogen) atoms. The van der Waals surface area contributed by atoms with Crippen LogP contribution in [0, 0.1) is 11.8 Å². The molecule has 124 valence electrons. The van der Waals surface area contributed by atoms with Gasteiger partial charge in [0.1, 0.15) is 0 Å². The Bertz CT molecular complexity index is 353. The first-order valence-corrected chi connectivity index (χ1v) is 8.85. The first-order valence-electron chi connectivity index (χ1n) is 8.85. The standard InChI is InChI=1S/C18H36N2O/c1-8-19-16-15(17(4,5)21-18(16,6)7)12-20-11-13(2)9-10-14(20)3/h13-16,19H,8-12H2,1-7H3. The minimum atomic E-state index is -0.0885. The average Bonchev–Trinajstić information content (AvgIpc) is 2.52. The van der Waals surface area contributed by atoms with Gasteiger partial charge in [-0.2, -0.15) is 0 Å². The Labute approximate surface area is 131 Å². The zero-order valence-corrected chi connectivity index (χ0v) is 15.2. The van der Waals surface area contributed by atoms with E-state index >= 15 is 0 Å². The monoisotopic (exact) mass is 296 g/mol. The smallest absolute Gasteiger partial charge is 0.0790 e. The Morgan fingerprint density at radius 2 is 1.76 bits per heavy atom. The van der Waals surface area contributed by atoms with Crippen LogP contribution in [-0.4, -0.2) is 47.8 Å². The average molecular weight is 296 g/mol. The minimum absolute atomic E-state index is 0.0588. The molecule has 0 bridgehead atoms. The van der Waals surface area contributed by atoms with Gasteiger partial charge in [0.25, 0.3) is 0 Å². The topological polar surface area (TPSA) is 24.5 Å². The number of nitrogens with zero attached hydrogens (tertiary/aromatic N) is 1. The molecule has 3 nitrogen and oxygen atoms in total. The fraction of sp³-hybridized carbons (Fsp3) is 1.00. The molecule has 2 fully saturated rings. The summed E-state index contributed by atoms with van der Waals surface area (Å²) >= 11 is 0. The minimum Gasteiger partial charge on any atom is -0.368 e. The lowest BCUT2D eigenvalue weighted by atomic mass is 9.81. The van der Waals surface area contributed by atoms with Crippen LogP contribution in [0.4, 0.5) is 0 Å². The molecule has 4 atom stereocenters. The molecule has 1 N–H and O–H groups in total. The van der Waals surface area contributed by atoms with Crippen LogP contribution in [0.2, 0.25) is 0 Å². The number of hydrogen-bond acceptors (Lipinski definition) is 3.